The highest BCUT2D eigenvalue weighted by atomic mass is 32.2. The van der Waals surface area contributed by atoms with Gasteiger partial charge in [0.25, 0.3) is 0 Å². The average Bonchev–Trinajstić information content (AvgIpc) is 3.33. The maximum atomic E-state index is 12.7. The zero-order chi connectivity index (χ0) is 21.8. The first-order valence-electron chi connectivity index (χ1n) is 10.3. The number of carbonyl (C=O) groups is 2. The van der Waals surface area contributed by atoms with Crippen molar-refractivity contribution >= 4 is 21.7 Å². The molecule has 9 heteroatoms. The van der Waals surface area contributed by atoms with Crippen LogP contribution in [0.15, 0.2) is 48.7 Å². The van der Waals surface area contributed by atoms with E-state index in [-0.39, 0.29) is 48.9 Å². The van der Waals surface area contributed by atoms with Crippen LogP contribution in [0.25, 0.3) is 0 Å². The fourth-order valence-corrected chi connectivity index (χ4v) is 5.75. The molecule has 0 bridgehead atoms. The van der Waals surface area contributed by atoms with Gasteiger partial charge in [-0.1, -0.05) is 36.4 Å². The van der Waals surface area contributed by atoms with Crippen molar-refractivity contribution in [3.8, 4) is 5.88 Å². The van der Waals surface area contributed by atoms with E-state index in [0.717, 1.165) is 11.1 Å². The summed E-state index contributed by atoms with van der Waals surface area (Å²) in [5, 5.41) is 2.87. The fourth-order valence-electron chi connectivity index (χ4n) is 4.02. The predicted octanol–water partition coefficient (Wildman–Crippen LogP) is 1.31. The van der Waals surface area contributed by atoms with Crippen molar-refractivity contribution in [1.82, 2.24) is 15.2 Å². The Morgan fingerprint density at radius 1 is 1.19 bits per heavy atom. The number of amides is 2. The number of hydrogen-bond acceptors (Lipinski definition) is 6. The normalized spacial score (nSPS) is 22.5. The van der Waals surface area contributed by atoms with E-state index in [1.165, 1.54) is 0 Å². The van der Waals surface area contributed by atoms with E-state index < -0.39 is 15.8 Å². The molecule has 0 aliphatic carbocycles. The average molecular weight is 444 g/mol. The van der Waals surface area contributed by atoms with Crippen LogP contribution in [-0.4, -0.2) is 54.2 Å². The molecule has 2 fully saturated rings. The lowest BCUT2D eigenvalue weighted by atomic mass is 10.1. The van der Waals surface area contributed by atoms with E-state index in [0.29, 0.717) is 18.9 Å². The lowest BCUT2D eigenvalue weighted by molar-refractivity contribution is -0.130. The largest absolute Gasteiger partial charge is 0.473 e. The quantitative estimate of drug-likeness (QED) is 0.692. The van der Waals surface area contributed by atoms with Gasteiger partial charge in [-0.25, -0.2) is 13.4 Å². The second kappa shape index (κ2) is 9.05. The molecule has 2 unspecified atom stereocenters. The number of aromatic nitrogens is 1. The number of nitrogens with one attached hydrogen (secondary N) is 1. The number of nitrogens with zero attached hydrogens (tertiary/aromatic N) is 2. The van der Waals surface area contributed by atoms with Crippen molar-refractivity contribution < 1.29 is 22.7 Å². The van der Waals surface area contributed by atoms with E-state index in [1.54, 1.807) is 17.2 Å². The molecule has 0 radical (unpaired) electrons. The molecule has 8 nitrogen and oxygen atoms in total. The molecule has 4 rings (SSSR count). The molecule has 2 saturated heterocycles. The Labute approximate surface area is 181 Å². The van der Waals surface area contributed by atoms with E-state index in [4.69, 9.17) is 4.74 Å². The number of likely N-dealkylation sites (tertiary alicyclic amines) is 1. The highest BCUT2D eigenvalue weighted by Gasteiger charge is 2.41. The first-order valence-corrected chi connectivity index (χ1v) is 12.1. The number of ether oxygens (including phenoxy) is 1. The topological polar surface area (TPSA) is 106 Å². The molecular weight excluding hydrogens is 418 g/mol. The predicted molar refractivity (Wildman–Crippen MR) is 114 cm³/mol. The van der Waals surface area contributed by atoms with Crippen LogP contribution in [0, 0.1) is 5.92 Å². The Hall–Kier alpha value is -2.94. The van der Waals surface area contributed by atoms with Crippen molar-refractivity contribution in [3.05, 3.63) is 59.8 Å². The Morgan fingerprint density at radius 2 is 2.00 bits per heavy atom. The van der Waals surface area contributed by atoms with Gasteiger partial charge in [-0.05, 0) is 18.1 Å². The van der Waals surface area contributed by atoms with Crippen LogP contribution in [0.1, 0.15) is 24.0 Å². The monoisotopic (exact) mass is 443 g/mol. The summed E-state index contributed by atoms with van der Waals surface area (Å²) in [5.41, 5.74) is 1.76. The number of sulfone groups is 1. The molecule has 2 aliphatic rings. The van der Waals surface area contributed by atoms with Crippen molar-refractivity contribution in [1.29, 1.82) is 0 Å². The van der Waals surface area contributed by atoms with Crippen LogP contribution >= 0.6 is 0 Å². The Morgan fingerprint density at radius 3 is 2.74 bits per heavy atom. The number of rotatable bonds is 7. The lowest BCUT2D eigenvalue weighted by Crippen LogP contribution is -2.39. The van der Waals surface area contributed by atoms with Gasteiger partial charge in [0.15, 0.2) is 9.84 Å². The molecule has 2 aromatic rings. The molecule has 2 amide bonds. The fraction of sp³-hybridized carbons (Fsp3) is 0.409. The first-order chi connectivity index (χ1) is 14.9. The summed E-state index contributed by atoms with van der Waals surface area (Å²) in [6.45, 7) is 0.865. The molecule has 1 aromatic carbocycles. The van der Waals surface area contributed by atoms with E-state index in [9.17, 15) is 18.0 Å². The van der Waals surface area contributed by atoms with Crippen LogP contribution in [0.3, 0.4) is 0 Å². The summed E-state index contributed by atoms with van der Waals surface area (Å²) < 4.78 is 29.3. The Kier molecular flexibility index (Phi) is 6.22. The van der Waals surface area contributed by atoms with Gasteiger partial charge in [0, 0.05) is 37.3 Å². The molecule has 1 N–H and O–H groups in total. The Balaban J connectivity index is 1.32. The molecular formula is C22H25N3O5S. The van der Waals surface area contributed by atoms with Crippen LogP contribution in [0.4, 0.5) is 0 Å². The highest BCUT2D eigenvalue weighted by molar-refractivity contribution is 7.91. The summed E-state index contributed by atoms with van der Waals surface area (Å²) in [7, 11) is -3.09. The van der Waals surface area contributed by atoms with Gasteiger partial charge in [0.2, 0.25) is 17.7 Å². The summed E-state index contributed by atoms with van der Waals surface area (Å²) in [6, 6.07) is 13.0. The summed E-state index contributed by atoms with van der Waals surface area (Å²) >= 11 is 0. The van der Waals surface area contributed by atoms with Gasteiger partial charge in [-0.3, -0.25) is 9.59 Å². The van der Waals surface area contributed by atoms with Crippen LogP contribution < -0.4 is 10.1 Å². The van der Waals surface area contributed by atoms with Gasteiger partial charge < -0.3 is 15.0 Å². The van der Waals surface area contributed by atoms with Gasteiger partial charge in [-0.2, -0.15) is 0 Å². The summed E-state index contributed by atoms with van der Waals surface area (Å²) in [6.07, 6.45) is 2.18. The molecule has 31 heavy (non-hydrogen) atoms. The van der Waals surface area contributed by atoms with Crippen LogP contribution in [-0.2, 0) is 32.6 Å². The van der Waals surface area contributed by atoms with Crippen LogP contribution in [0.5, 0.6) is 5.88 Å². The third kappa shape index (κ3) is 5.22. The van der Waals surface area contributed by atoms with E-state index in [2.05, 4.69) is 10.3 Å². The maximum Gasteiger partial charge on any atom is 0.225 e. The molecule has 1 aromatic heterocycles. The SMILES string of the molecule is O=C(NCc1cccnc1OCc1ccccc1)C1CC(=O)N(C2CCS(=O)(=O)C2)C1. The minimum absolute atomic E-state index is 0.00905. The first kappa shape index (κ1) is 21.3. The standard InChI is InChI=1S/C22H25N3O5S/c26-20-11-18(13-25(20)19-8-10-31(28,29)15-19)21(27)24-12-17-7-4-9-23-22(17)30-14-16-5-2-1-3-6-16/h1-7,9,18-19H,8,10-15H2,(H,24,27). The third-order valence-corrected chi connectivity index (χ3v) is 7.45. The summed E-state index contributed by atoms with van der Waals surface area (Å²) in [5.74, 6) is -0.325. The number of pyridine rings is 1. The molecule has 3 heterocycles. The lowest BCUT2D eigenvalue weighted by Gasteiger charge is -2.23. The smallest absolute Gasteiger partial charge is 0.225 e. The second-order valence-electron chi connectivity index (χ2n) is 7.96. The van der Waals surface area contributed by atoms with Gasteiger partial charge in [0.1, 0.15) is 6.61 Å². The molecule has 164 valence electrons. The highest BCUT2D eigenvalue weighted by Crippen LogP contribution is 2.26. The van der Waals surface area contributed by atoms with E-state index in [1.807, 2.05) is 36.4 Å². The number of carbonyl (C=O) groups excluding carboxylic acids is 2. The van der Waals surface area contributed by atoms with Gasteiger partial charge in [-0.15, -0.1) is 0 Å². The molecule has 2 atom stereocenters. The van der Waals surface area contributed by atoms with Crippen molar-refractivity contribution in [2.24, 2.45) is 5.92 Å². The zero-order valence-electron chi connectivity index (χ0n) is 17.1. The van der Waals surface area contributed by atoms with Crippen molar-refractivity contribution in [2.45, 2.75) is 32.0 Å². The number of hydrogen-bond donors (Lipinski definition) is 1. The summed E-state index contributed by atoms with van der Waals surface area (Å²) in [4.78, 5) is 30.9. The molecule has 2 aliphatic heterocycles. The van der Waals surface area contributed by atoms with Crippen molar-refractivity contribution in [3.63, 3.8) is 0 Å². The second-order valence-corrected chi connectivity index (χ2v) is 10.2. The molecule has 0 saturated carbocycles. The van der Waals surface area contributed by atoms with Gasteiger partial charge in [0.05, 0.1) is 17.4 Å². The Bertz CT molecular complexity index is 1060. The van der Waals surface area contributed by atoms with Crippen LogP contribution in [0.2, 0.25) is 0 Å². The minimum Gasteiger partial charge on any atom is -0.473 e. The van der Waals surface area contributed by atoms with Gasteiger partial charge >= 0.3 is 0 Å². The third-order valence-electron chi connectivity index (χ3n) is 5.70. The van der Waals surface area contributed by atoms with E-state index >= 15 is 0 Å². The number of benzene rings is 1. The van der Waals surface area contributed by atoms with Crippen molar-refractivity contribution in [2.75, 3.05) is 18.1 Å². The minimum atomic E-state index is -3.09. The molecule has 0 spiro atoms. The maximum absolute atomic E-state index is 12.7. The zero-order valence-corrected chi connectivity index (χ0v) is 17.9.